The highest BCUT2D eigenvalue weighted by Crippen LogP contribution is 2.31. The molecule has 0 aliphatic heterocycles. The Balaban J connectivity index is 3.84. The molecule has 0 N–H and O–H groups in total. The molecule has 31 heavy (non-hydrogen) atoms. The number of carbonyl (C=O) groups is 1. The van der Waals surface area contributed by atoms with Gasteiger partial charge in [-0.25, -0.2) is 0 Å². The molecule has 0 amide bonds. The second-order valence-corrected chi connectivity index (χ2v) is 10.0. The predicted octanol–water partition coefficient (Wildman–Crippen LogP) is 9.24. The highest BCUT2D eigenvalue weighted by molar-refractivity contribution is 5.68. The smallest absolute Gasteiger partial charge is 0.325 e. The third kappa shape index (κ3) is 18.7. The molecule has 0 aromatic carbocycles. The summed E-state index contributed by atoms with van der Waals surface area (Å²) in [5, 5.41) is 1.95. The van der Waals surface area contributed by atoms with Crippen LogP contribution in [-0.4, -0.2) is 24.1 Å². The molecule has 0 atom stereocenters. The van der Waals surface area contributed by atoms with Crippen molar-refractivity contribution in [2.45, 2.75) is 157 Å². The van der Waals surface area contributed by atoms with Gasteiger partial charge in [-0.15, -0.1) is 5.06 Å². The summed E-state index contributed by atoms with van der Waals surface area (Å²) in [6.07, 6.45) is 23.1. The van der Waals surface area contributed by atoms with Gasteiger partial charge < -0.3 is 4.84 Å². The summed E-state index contributed by atoms with van der Waals surface area (Å²) >= 11 is 0. The molecule has 0 aliphatic carbocycles. The molecule has 0 saturated heterocycles. The quantitative estimate of drug-likeness (QED) is 0.117. The second kappa shape index (κ2) is 21.3. The third-order valence-corrected chi connectivity index (χ3v) is 7.12. The molecule has 0 aliphatic rings. The summed E-state index contributed by atoms with van der Waals surface area (Å²) in [5.41, 5.74) is 0.556. The van der Waals surface area contributed by atoms with Gasteiger partial charge in [0, 0.05) is 19.5 Å². The molecule has 0 saturated carbocycles. The largest absolute Gasteiger partial charge is 0.368 e. The summed E-state index contributed by atoms with van der Waals surface area (Å²) < 4.78 is 0. The fraction of sp³-hybridized carbons (Fsp3) is 0.964. The van der Waals surface area contributed by atoms with E-state index < -0.39 is 0 Å². The fourth-order valence-electron chi connectivity index (χ4n) is 4.13. The van der Waals surface area contributed by atoms with Crippen LogP contribution in [0.2, 0.25) is 0 Å². The maximum Gasteiger partial charge on any atom is 0.325 e. The van der Waals surface area contributed by atoms with Crippen LogP contribution < -0.4 is 0 Å². The van der Waals surface area contributed by atoms with Crippen LogP contribution >= 0.6 is 0 Å². The first-order valence-electron chi connectivity index (χ1n) is 14.0. The Morgan fingerprint density at radius 1 is 0.645 bits per heavy atom. The van der Waals surface area contributed by atoms with Gasteiger partial charge in [0.15, 0.2) is 0 Å². The second-order valence-electron chi connectivity index (χ2n) is 10.0. The minimum atomic E-state index is -0.0237. The van der Waals surface area contributed by atoms with Gasteiger partial charge in [0.2, 0.25) is 0 Å². The molecule has 0 aromatic heterocycles. The Kier molecular flexibility index (Phi) is 20.9. The average molecular weight is 440 g/mol. The van der Waals surface area contributed by atoms with Gasteiger partial charge in [0.05, 0.1) is 0 Å². The predicted molar refractivity (Wildman–Crippen MR) is 136 cm³/mol. The van der Waals surface area contributed by atoms with Crippen molar-refractivity contribution in [1.29, 1.82) is 0 Å². The van der Waals surface area contributed by atoms with Gasteiger partial charge in [0.25, 0.3) is 0 Å². The topological polar surface area (TPSA) is 29.5 Å². The first-order chi connectivity index (χ1) is 15.0. The van der Waals surface area contributed by atoms with Crippen molar-refractivity contribution in [3.63, 3.8) is 0 Å². The molecule has 3 nitrogen and oxygen atoms in total. The van der Waals surface area contributed by atoms with Crippen molar-refractivity contribution in [3.05, 3.63) is 0 Å². The lowest BCUT2D eigenvalue weighted by Crippen LogP contribution is -2.29. The number of carbonyl (C=O) groups excluding carboxylic acids is 1. The standard InChI is InChI=1S/C28H57NO2/c1-6-10-12-21-25-29(26-22-13-11-7-2)31-27(30)23-19-17-15-14-16-18-20-24-28(5,8-3)9-4/h6-26H2,1-5H3. The Morgan fingerprint density at radius 3 is 1.58 bits per heavy atom. The number of rotatable bonds is 23. The first-order valence-corrected chi connectivity index (χ1v) is 14.0. The minimum Gasteiger partial charge on any atom is -0.368 e. The molecule has 0 aromatic rings. The lowest BCUT2D eigenvalue weighted by molar-refractivity contribution is -0.191. The van der Waals surface area contributed by atoms with Crippen LogP contribution in [0.15, 0.2) is 0 Å². The van der Waals surface area contributed by atoms with Crippen molar-refractivity contribution in [2.75, 3.05) is 13.1 Å². The van der Waals surface area contributed by atoms with Crippen molar-refractivity contribution in [2.24, 2.45) is 5.41 Å². The van der Waals surface area contributed by atoms with Gasteiger partial charge in [-0.3, -0.25) is 4.79 Å². The first kappa shape index (κ1) is 30.4. The summed E-state index contributed by atoms with van der Waals surface area (Å²) in [6, 6.07) is 0. The number of hydrogen-bond donors (Lipinski definition) is 0. The Bertz CT molecular complexity index is 380. The van der Waals surface area contributed by atoms with Gasteiger partial charge in [-0.2, -0.15) is 0 Å². The van der Waals surface area contributed by atoms with Crippen molar-refractivity contribution < 1.29 is 9.63 Å². The zero-order valence-electron chi connectivity index (χ0n) is 22.1. The lowest BCUT2D eigenvalue weighted by atomic mass is 9.80. The maximum atomic E-state index is 12.3. The van der Waals surface area contributed by atoms with E-state index in [-0.39, 0.29) is 5.97 Å². The number of hydroxylamine groups is 2. The Labute approximate surface area is 196 Å². The molecule has 0 rings (SSSR count). The SMILES string of the molecule is CCCCCCN(CCCCCC)OC(=O)CCCCCCCCCC(C)(CC)CC. The summed E-state index contributed by atoms with van der Waals surface area (Å²) in [7, 11) is 0. The highest BCUT2D eigenvalue weighted by atomic mass is 16.7. The van der Waals surface area contributed by atoms with E-state index in [1.807, 2.05) is 5.06 Å². The molecule has 0 spiro atoms. The molecule has 186 valence electrons. The van der Waals surface area contributed by atoms with Crippen molar-refractivity contribution in [3.8, 4) is 0 Å². The van der Waals surface area contributed by atoms with Crippen LogP contribution in [0.4, 0.5) is 0 Å². The molecule has 3 heteroatoms. The monoisotopic (exact) mass is 439 g/mol. The molecule has 0 unspecified atom stereocenters. The molecule has 0 radical (unpaired) electrons. The van der Waals surface area contributed by atoms with Gasteiger partial charge >= 0.3 is 5.97 Å². The summed E-state index contributed by atoms with van der Waals surface area (Å²) in [4.78, 5) is 18.0. The van der Waals surface area contributed by atoms with Crippen molar-refractivity contribution in [1.82, 2.24) is 5.06 Å². The van der Waals surface area contributed by atoms with E-state index in [1.54, 1.807) is 0 Å². The van der Waals surface area contributed by atoms with Crippen LogP contribution in [0.5, 0.6) is 0 Å². The van der Waals surface area contributed by atoms with Gasteiger partial charge in [0.1, 0.15) is 0 Å². The number of nitrogens with zero attached hydrogens (tertiary/aromatic N) is 1. The van der Waals surface area contributed by atoms with Crippen LogP contribution in [0, 0.1) is 5.41 Å². The van der Waals surface area contributed by atoms with E-state index in [0.29, 0.717) is 11.8 Å². The fourth-order valence-corrected chi connectivity index (χ4v) is 4.13. The zero-order valence-corrected chi connectivity index (χ0v) is 22.1. The summed E-state index contributed by atoms with van der Waals surface area (Å²) in [5.74, 6) is -0.0237. The Morgan fingerprint density at radius 2 is 1.10 bits per heavy atom. The van der Waals surface area contributed by atoms with Gasteiger partial charge in [-0.05, 0) is 31.1 Å². The minimum absolute atomic E-state index is 0.0237. The molecule has 0 heterocycles. The number of hydrogen-bond acceptors (Lipinski definition) is 3. The van der Waals surface area contributed by atoms with E-state index in [0.717, 1.165) is 38.8 Å². The maximum absolute atomic E-state index is 12.3. The summed E-state index contributed by atoms with van der Waals surface area (Å²) in [6.45, 7) is 13.3. The van der Waals surface area contributed by atoms with Crippen LogP contribution in [0.3, 0.4) is 0 Å². The average Bonchev–Trinajstić information content (AvgIpc) is 2.78. The molecule has 0 fully saturated rings. The van der Waals surface area contributed by atoms with E-state index in [9.17, 15) is 4.79 Å². The Hall–Kier alpha value is -0.570. The molecular weight excluding hydrogens is 382 g/mol. The molecular formula is C28H57NO2. The van der Waals surface area contributed by atoms with E-state index in [1.165, 1.54) is 89.9 Å². The molecule has 0 bridgehead atoms. The normalized spacial score (nSPS) is 11.9. The van der Waals surface area contributed by atoms with Crippen LogP contribution in [-0.2, 0) is 9.63 Å². The number of unbranched alkanes of at least 4 members (excludes halogenated alkanes) is 12. The third-order valence-electron chi connectivity index (χ3n) is 7.12. The van der Waals surface area contributed by atoms with Crippen LogP contribution in [0.25, 0.3) is 0 Å². The van der Waals surface area contributed by atoms with Crippen LogP contribution in [0.1, 0.15) is 157 Å². The van der Waals surface area contributed by atoms with Crippen molar-refractivity contribution >= 4 is 5.97 Å². The lowest BCUT2D eigenvalue weighted by Gasteiger charge is -2.26. The van der Waals surface area contributed by atoms with E-state index in [4.69, 9.17) is 4.84 Å². The van der Waals surface area contributed by atoms with E-state index >= 15 is 0 Å². The highest BCUT2D eigenvalue weighted by Gasteiger charge is 2.18. The zero-order chi connectivity index (χ0) is 23.2. The van der Waals surface area contributed by atoms with Gasteiger partial charge in [-0.1, -0.05) is 125 Å². The van der Waals surface area contributed by atoms with E-state index in [2.05, 4.69) is 34.6 Å².